The van der Waals surface area contributed by atoms with Gasteiger partial charge in [0.2, 0.25) is 0 Å². The van der Waals surface area contributed by atoms with Crippen molar-refractivity contribution in [2.75, 3.05) is 0 Å². The molecule has 1 aromatic rings. The van der Waals surface area contributed by atoms with Gasteiger partial charge in [0, 0.05) is 11.8 Å². The van der Waals surface area contributed by atoms with E-state index in [-0.39, 0.29) is 12.3 Å². The molecule has 7 heteroatoms. The standard InChI is InChI=1S/C12H11ClF3NO2/c1-7(17)4-11(18)19-6-8-2-3-9(10(13)5-8)12(14,15)16/h2-5H,6,17H2,1H3/b7-4-. The van der Waals surface area contributed by atoms with Crippen LogP contribution in [0.2, 0.25) is 5.02 Å². The average Bonchev–Trinajstić information content (AvgIpc) is 2.23. The van der Waals surface area contributed by atoms with Gasteiger partial charge in [0.15, 0.2) is 0 Å². The summed E-state index contributed by atoms with van der Waals surface area (Å²) in [7, 11) is 0. The molecule has 0 saturated heterocycles. The van der Waals surface area contributed by atoms with Crippen LogP contribution < -0.4 is 5.73 Å². The van der Waals surface area contributed by atoms with E-state index in [0.29, 0.717) is 5.56 Å². The second-order valence-electron chi connectivity index (χ2n) is 3.81. The first-order valence-corrected chi connectivity index (χ1v) is 5.54. The van der Waals surface area contributed by atoms with Crippen LogP contribution >= 0.6 is 11.6 Å². The Morgan fingerprint density at radius 3 is 2.58 bits per heavy atom. The Balaban J connectivity index is 2.75. The van der Waals surface area contributed by atoms with Gasteiger partial charge in [-0.25, -0.2) is 4.79 Å². The van der Waals surface area contributed by atoms with Gasteiger partial charge in [0.25, 0.3) is 0 Å². The van der Waals surface area contributed by atoms with E-state index in [1.165, 1.54) is 13.0 Å². The van der Waals surface area contributed by atoms with Crippen molar-refractivity contribution in [2.45, 2.75) is 19.7 Å². The molecule has 104 valence electrons. The molecule has 0 aliphatic heterocycles. The van der Waals surface area contributed by atoms with Crippen LogP contribution in [0.3, 0.4) is 0 Å². The van der Waals surface area contributed by atoms with Crippen LogP contribution in [0.1, 0.15) is 18.1 Å². The van der Waals surface area contributed by atoms with Gasteiger partial charge in [-0.15, -0.1) is 0 Å². The van der Waals surface area contributed by atoms with Gasteiger partial charge in [-0.1, -0.05) is 17.7 Å². The van der Waals surface area contributed by atoms with Gasteiger partial charge < -0.3 is 10.5 Å². The molecule has 1 aromatic carbocycles. The van der Waals surface area contributed by atoms with Crippen LogP contribution in [0.15, 0.2) is 30.0 Å². The topological polar surface area (TPSA) is 52.3 Å². The number of allylic oxidation sites excluding steroid dienone is 1. The van der Waals surface area contributed by atoms with Gasteiger partial charge in [-0.3, -0.25) is 0 Å². The molecule has 0 spiro atoms. The lowest BCUT2D eigenvalue weighted by Gasteiger charge is -2.10. The molecule has 0 aliphatic rings. The zero-order valence-electron chi connectivity index (χ0n) is 9.92. The van der Waals surface area contributed by atoms with E-state index in [1.54, 1.807) is 0 Å². The molecule has 0 fully saturated rings. The van der Waals surface area contributed by atoms with Crippen LogP contribution in [-0.4, -0.2) is 5.97 Å². The highest BCUT2D eigenvalue weighted by atomic mass is 35.5. The molecule has 0 unspecified atom stereocenters. The van der Waals surface area contributed by atoms with Crippen LogP contribution in [0.25, 0.3) is 0 Å². The van der Waals surface area contributed by atoms with E-state index in [0.717, 1.165) is 18.2 Å². The van der Waals surface area contributed by atoms with Gasteiger partial charge in [-0.2, -0.15) is 13.2 Å². The van der Waals surface area contributed by atoms with Crippen LogP contribution in [-0.2, 0) is 22.3 Å². The highest BCUT2D eigenvalue weighted by Gasteiger charge is 2.32. The Kier molecular flexibility index (Phi) is 4.83. The summed E-state index contributed by atoms with van der Waals surface area (Å²) in [6.45, 7) is 1.33. The normalized spacial score (nSPS) is 12.4. The molecule has 0 aromatic heterocycles. The number of alkyl halides is 3. The third-order valence-corrected chi connectivity index (χ3v) is 2.38. The highest BCUT2D eigenvalue weighted by Crippen LogP contribution is 2.34. The van der Waals surface area contributed by atoms with E-state index in [9.17, 15) is 18.0 Å². The highest BCUT2D eigenvalue weighted by molar-refractivity contribution is 6.31. The van der Waals surface area contributed by atoms with Crippen molar-refractivity contribution in [3.63, 3.8) is 0 Å². The van der Waals surface area contributed by atoms with Crippen LogP contribution in [0.4, 0.5) is 13.2 Å². The van der Waals surface area contributed by atoms with Gasteiger partial charge in [0.1, 0.15) is 6.61 Å². The minimum absolute atomic E-state index is 0.180. The summed E-state index contributed by atoms with van der Waals surface area (Å²) in [5, 5.41) is -0.438. The number of esters is 1. The summed E-state index contributed by atoms with van der Waals surface area (Å²) in [5.74, 6) is -0.670. The molecular formula is C12H11ClF3NO2. The third-order valence-electron chi connectivity index (χ3n) is 2.07. The maximum atomic E-state index is 12.4. The molecular weight excluding hydrogens is 283 g/mol. The molecule has 0 bridgehead atoms. The van der Waals surface area contributed by atoms with Crippen LogP contribution in [0, 0.1) is 0 Å². The maximum absolute atomic E-state index is 12.4. The van der Waals surface area contributed by atoms with Crippen molar-refractivity contribution in [1.29, 1.82) is 0 Å². The molecule has 3 nitrogen and oxygen atoms in total. The fourth-order valence-corrected chi connectivity index (χ4v) is 1.57. The number of hydrogen-bond acceptors (Lipinski definition) is 3. The number of ether oxygens (including phenoxy) is 1. The van der Waals surface area contributed by atoms with Gasteiger partial charge in [0.05, 0.1) is 10.6 Å². The van der Waals surface area contributed by atoms with E-state index >= 15 is 0 Å². The third kappa shape index (κ3) is 4.82. The summed E-state index contributed by atoms with van der Waals surface area (Å²) in [5.41, 5.74) is 4.97. The molecule has 0 saturated carbocycles. The van der Waals surface area contributed by atoms with Gasteiger partial charge in [-0.05, 0) is 24.6 Å². The minimum atomic E-state index is -4.51. The number of hydrogen-bond donors (Lipinski definition) is 1. The van der Waals surface area contributed by atoms with Crippen molar-refractivity contribution in [3.05, 3.63) is 46.1 Å². The zero-order chi connectivity index (χ0) is 14.6. The lowest BCUT2D eigenvalue weighted by Crippen LogP contribution is -2.07. The summed E-state index contributed by atoms with van der Waals surface area (Å²) < 4.78 is 42.1. The second kappa shape index (κ2) is 5.97. The lowest BCUT2D eigenvalue weighted by atomic mass is 10.1. The minimum Gasteiger partial charge on any atom is -0.458 e. The van der Waals surface area contributed by atoms with Crippen molar-refractivity contribution >= 4 is 17.6 Å². The Labute approximate surface area is 112 Å². The summed E-state index contributed by atoms with van der Waals surface area (Å²) in [6, 6.07) is 3.15. The van der Waals surface area contributed by atoms with E-state index < -0.39 is 22.7 Å². The van der Waals surface area contributed by atoms with E-state index in [4.69, 9.17) is 22.1 Å². The van der Waals surface area contributed by atoms with Crippen molar-refractivity contribution in [2.24, 2.45) is 5.73 Å². The van der Waals surface area contributed by atoms with Crippen molar-refractivity contribution in [3.8, 4) is 0 Å². The zero-order valence-corrected chi connectivity index (χ0v) is 10.7. The first kappa shape index (κ1) is 15.4. The molecule has 1 rings (SSSR count). The second-order valence-corrected chi connectivity index (χ2v) is 4.22. The maximum Gasteiger partial charge on any atom is 0.417 e. The number of benzene rings is 1. The lowest BCUT2D eigenvalue weighted by molar-refractivity contribution is -0.139. The fraction of sp³-hybridized carbons (Fsp3) is 0.250. The first-order valence-electron chi connectivity index (χ1n) is 5.16. The Morgan fingerprint density at radius 1 is 1.47 bits per heavy atom. The summed E-state index contributed by atoms with van der Waals surface area (Å²) in [6.07, 6.45) is -3.43. The van der Waals surface area contributed by atoms with Crippen LogP contribution in [0.5, 0.6) is 0 Å². The van der Waals surface area contributed by atoms with Crippen molar-refractivity contribution in [1.82, 2.24) is 0 Å². The van der Waals surface area contributed by atoms with Crippen molar-refractivity contribution < 1.29 is 22.7 Å². The largest absolute Gasteiger partial charge is 0.458 e. The molecule has 2 N–H and O–H groups in total. The molecule has 0 radical (unpaired) electrons. The summed E-state index contributed by atoms with van der Waals surface area (Å²) >= 11 is 5.52. The summed E-state index contributed by atoms with van der Waals surface area (Å²) in [4.78, 5) is 11.1. The quantitative estimate of drug-likeness (QED) is 0.687. The smallest absolute Gasteiger partial charge is 0.417 e. The predicted molar refractivity (Wildman–Crippen MR) is 64.2 cm³/mol. The Morgan fingerprint density at radius 2 is 2.11 bits per heavy atom. The predicted octanol–water partition coefficient (Wildman–Crippen LogP) is 3.26. The molecule has 0 heterocycles. The molecule has 0 amide bonds. The first-order chi connectivity index (χ1) is 8.70. The van der Waals surface area contributed by atoms with E-state index in [1.807, 2.05) is 0 Å². The number of nitrogens with two attached hydrogens (primary N) is 1. The average molecular weight is 294 g/mol. The molecule has 0 atom stereocenters. The SMILES string of the molecule is C/C(N)=C/C(=O)OCc1ccc(C(F)(F)F)c(Cl)c1. The van der Waals surface area contributed by atoms with Gasteiger partial charge >= 0.3 is 12.1 Å². The monoisotopic (exact) mass is 293 g/mol. The Bertz CT molecular complexity index is 508. The van der Waals surface area contributed by atoms with E-state index in [2.05, 4.69) is 0 Å². The molecule has 0 aliphatic carbocycles. The molecule has 19 heavy (non-hydrogen) atoms. The number of carbonyl (C=O) groups excluding carboxylic acids is 1. The Hall–Kier alpha value is -1.69. The fourth-order valence-electron chi connectivity index (χ4n) is 1.26. The number of halogens is 4. The number of rotatable bonds is 3. The number of carbonyl (C=O) groups is 1.